The summed E-state index contributed by atoms with van der Waals surface area (Å²) in [5, 5.41) is -0.237. The molecule has 1 aromatic rings. The lowest BCUT2D eigenvalue weighted by Crippen LogP contribution is -2.07. The number of nitrogens with zero attached hydrogens (tertiary/aromatic N) is 1. The number of alkyl halides is 3. The van der Waals surface area contributed by atoms with Crippen LogP contribution >= 0.6 is 11.6 Å². The molecule has 0 aliphatic heterocycles. The van der Waals surface area contributed by atoms with E-state index < -0.39 is 11.7 Å². The number of unbranched alkanes of at least 4 members (excludes halogenated alkanes) is 1. The van der Waals surface area contributed by atoms with Crippen molar-refractivity contribution in [2.45, 2.75) is 19.0 Å². The minimum absolute atomic E-state index is 0.117. The molecule has 1 rings (SSSR count). The molecule has 6 heteroatoms. The van der Waals surface area contributed by atoms with E-state index in [4.69, 9.17) is 16.3 Å². The van der Waals surface area contributed by atoms with Gasteiger partial charge in [0.05, 0.1) is 12.2 Å². The van der Waals surface area contributed by atoms with Crippen LogP contribution in [0, 0.1) is 0 Å². The van der Waals surface area contributed by atoms with Crippen molar-refractivity contribution in [1.82, 2.24) is 4.98 Å². The second-order valence-corrected chi connectivity index (χ2v) is 3.68. The standard InChI is InChI=1S/C11H11ClF3NO/c1-2-3-4-5-17-10-7-8(11(13,14)15)6-9(12)16-10/h2,6-7H,1,3-5H2. The predicted molar refractivity (Wildman–Crippen MR) is 59.2 cm³/mol. The molecule has 1 heterocycles. The summed E-state index contributed by atoms with van der Waals surface area (Å²) >= 11 is 5.49. The van der Waals surface area contributed by atoms with Gasteiger partial charge in [-0.05, 0) is 18.9 Å². The Morgan fingerprint density at radius 3 is 2.71 bits per heavy atom. The van der Waals surface area contributed by atoms with Crippen LogP contribution in [0.2, 0.25) is 5.15 Å². The fourth-order valence-electron chi connectivity index (χ4n) is 1.11. The molecule has 0 aliphatic rings. The van der Waals surface area contributed by atoms with Gasteiger partial charge in [0.2, 0.25) is 5.88 Å². The van der Waals surface area contributed by atoms with Gasteiger partial charge < -0.3 is 4.74 Å². The molecule has 0 atom stereocenters. The second-order valence-electron chi connectivity index (χ2n) is 3.29. The highest BCUT2D eigenvalue weighted by Crippen LogP contribution is 2.32. The number of halogens is 4. The van der Waals surface area contributed by atoms with Crippen molar-refractivity contribution >= 4 is 11.6 Å². The van der Waals surface area contributed by atoms with Gasteiger partial charge >= 0.3 is 6.18 Å². The first-order valence-electron chi connectivity index (χ1n) is 4.92. The number of ether oxygens (including phenoxy) is 1. The van der Waals surface area contributed by atoms with E-state index in [-0.39, 0.29) is 17.6 Å². The normalized spacial score (nSPS) is 11.3. The van der Waals surface area contributed by atoms with Gasteiger partial charge in [0.1, 0.15) is 5.15 Å². The van der Waals surface area contributed by atoms with E-state index in [1.807, 2.05) is 0 Å². The maximum absolute atomic E-state index is 12.4. The summed E-state index contributed by atoms with van der Waals surface area (Å²) in [4.78, 5) is 3.66. The molecule has 0 unspecified atom stereocenters. The molecule has 0 bridgehead atoms. The van der Waals surface area contributed by atoms with E-state index in [2.05, 4.69) is 11.6 Å². The van der Waals surface area contributed by atoms with Gasteiger partial charge in [0.15, 0.2) is 0 Å². The van der Waals surface area contributed by atoms with Crippen LogP contribution < -0.4 is 4.74 Å². The van der Waals surface area contributed by atoms with Crippen LogP contribution in [0.15, 0.2) is 24.8 Å². The third kappa shape index (κ3) is 4.65. The van der Waals surface area contributed by atoms with Crippen LogP contribution in [0.3, 0.4) is 0 Å². The molecule has 94 valence electrons. The number of hydrogen-bond donors (Lipinski definition) is 0. The number of rotatable bonds is 5. The summed E-state index contributed by atoms with van der Waals surface area (Å²) in [6, 6.07) is 1.60. The van der Waals surface area contributed by atoms with E-state index in [1.54, 1.807) is 6.08 Å². The van der Waals surface area contributed by atoms with Gasteiger partial charge in [-0.1, -0.05) is 17.7 Å². The van der Waals surface area contributed by atoms with Gasteiger partial charge in [-0.3, -0.25) is 0 Å². The van der Waals surface area contributed by atoms with E-state index in [9.17, 15) is 13.2 Å². The highest BCUT2D eigenvalue weighted by molar-refractivity contribution is 6.29. The van der Waals surface area contributed by atoms with Gasteiger partial charge in [-0.2, -0.15) is 13.2 Å². The summed E-state index contributed by atoms with van der Waals surface area (Å²) in [5.74, 6) is -0.117. The second kappa shape index (κ2) is 5.91. The molecule has 0 amide bonds. The summed E-state index contributed by atoms with van der Waals surface area (Å²) in [6.45, 7) is 3.80. The molecule has 0 spiro atoms. The summed E-state index contributed by atoms with van der Waals surface area (Å²) < 4.78 is 42.4. The number of aromatic nitrogens is 1. The SMILES string of the molecule is C=CCCCOc1cc(C(F)(F)F)cc(Cl)n1. The molecule has 17 heavy (non-hydrogen) atoms. The average molecular weight is 266 g/mol. The minimum atomic E-state index is -4.45. The van der Waals surface area contributed by atoms with E-state index >= 15 is 0 Å². The quantitative estimate of drug-likeness (QED) is 0.454. The van der Waals surface area contributed by atoms with Gasteiger partial charge in [-0.15, -0.1) is 6.58 Å². The van der Waals surface area contributed by atoms with Crippen LogP contribution in [0.4, 0.5) is 13.2 Å². The molecular weight excluding hydrogens is 255 g/mol. The van der Waals surface area contributed by atoms with Crippen molar-refractivity contribution < 1.29 is 17.9 Å². The Morgan fingerprint density at radius 1 is 1.41 bits per heavy atom. The Hall–Kier alpha value is -1.23. The van der Waals surface area contributed by atoms with Crippen molar-refractivity contribution in [3.05, 3.63) is 35.5 Å². The Bertz CT molecular complexity index is 393. The molecule has 0 aliphatic carbocycles. The van der Waals surface area contributed by atoms with Crippen molar-refractivity contribution in [3.8, 4) is 5.88 Å². The number of allylic oxidation sites excluding steroid dienone is 1. The van der Waals surface area contributed by atoms with Crippen molar-refractivity contribution in [1.29, 1.82) is 0 Å². The minimum Gasteiger partial charge on any atom is -0.478 e. The lowest BCUT2D eigenvalue weighted by atomic mass is 10.2. The van der Waals surface area contributed by atoms with Crippen LogP contribution in [0.5, 0.6) is 5.88 Å². The lowest BCUT2D eigenvalue weighted by molar-refractivity contribution is -0.137. The molecule has 0 aromatic carbocycles. The largest absolute Gasteiger partial charge is 0.478 e. The zero-order valence-electron chi connectivity index (χ0n) is 8.93. The Labute approximate surface area is 102 Å². The Morgan fingerprint density at radius 2 is 2.12 bits per heavy atom. The van der Waals surface area contributed by atoms with Crippen molar-refractivity contribution in [3.63, 3.8) is 0 Å². The summed E-state index contributed by atoms with van der Waals surface area (Å²) in [6.07, 6.45) is -1.35. The third-order valence-electron chi connectivity index (χ3n) is 1.90. The lowest BCUT2D eigenvalue weighted by Gasteiger charge is -2.09. The first kappa shape index (κ1) is 13.8. The maximum atomic E-state index is 12.4. The maximum Gasteiger partial charge on any atom is 0.416 e. The third-order valence-corrected chi connectivity index (χ3v) is 2.09. The molecule has 0 fully saturated rings. The topological polar surface area (TPSA) is 22.1 Å². The highest BCUT2D eigenvalue weighted by Gasteiger charge is 2.31. The molecular formula is C11H11ClF3NO. The monoisotopic (exact) mass is 265 g/mol. The van der Waals surface area contributed by atoms with Gasteiger partial charge in [0.25, 0.3) is 0 Å². The van der Waals surface area contributed by atoms with Crippen molar-refractivity contribution in [2.75, 3.05) is 6.61 Å². The number of pyridine rings is 1. The molecule has 1 aromatic heterocycles. The van der Waals surface area contributed by atoms with Crippen LogP contribution in [-0.2, 0) is 6.18 Å². The van der Waals surface area contributed by atoms with Crippen LogP contribution in [0.1, 0.15) is 18.4 Å². The summed E-state index contributed by atoms with van der Waals surface area (Å²) in [7, 11) is 0. The van der Waals surface area contributed by atoms with Gasteiger partial charge in [-0.25, -0.2) is 4.98 Å². The highest BCUT2D eigenvalue weighted by atomic mass is 35.5. The molecule has 0 N–H and O–H groups in total. The molecule has 0 saturated carbocycles. The van der Waals surface area contributed by atoms with E-state index in [0.29, 0.717) is 6.42 Å². The van der Waals surface area contributed by atoms with Gasteiger partial charge in [0, 0.05) is 6.07 Å². The molecule has 2 nitrogen and oxygen atoms in total. The van der Waals surface area contributed by atoms with Crippen molar-refractivity contribution in [2.24, 2.45) is 0 Å². The van der Waals surface area contributed by atoms with E-state index in [0.717, 1.165) is 18.6 Å². The summed E-state index contributed by atoms with van der Waals surface area (Å²) in [5.41, 5.74) is -0.865. The Kier molecular flexibility index (Phi) is 4.81. The average Bonchev–Trinajstić information content (AvgIpc) is 2.22. The predicted octanol–water partition coefficient (Wildman–Crippen LogP) is 4.10. The zero-order chi connectivity index (χ0) is 12.9. The van der Waals surface area contributed by atoms with E-state index in [1.165, 1.54) is 0 Å². The number of hydrogen-bond acceptors (Lipinski definition) is 2. The zero-order valence-corrected chi connectivity index (χ0v) is 9.68. The first-order chi connectivity index (χ1) is 7.93. The molecule has 0 radical (unpaired) electrons. The Balaban J connectivity index is 2.72. The fourth-order valence-corrected chi connectivity index (χ4v) is 1.32. The van der Waals surface area contributed by atoms with Crippen LogP contribution in [-0.4, -0.2) is 11.6 Å². The first-order valence-corrected chi connectivity index (χ1v) is 5.30. The smallest absolute Gasteiger partial charge is 0.416 e. The fraction of sp³-hybridized carbons (Fsp3) is 0.364. The molecule has 0 saturated heterocycles. The van der Waals surface area contributed by atoms with Crippen LogP contribution in [0.25, 0.3) is 0 Å².